The predicted molar refractivity (Wildman–Crippen MR) is 124 cm³/mol. The SMILES string of the molecule is CCOC(=O)c1cn([C@@H](C(C)C)C(C)(C)O[SiH2]C(C)(C)C)c2cnc(Cl)cc2c1=O. The van der Waals surface area contributed by atoms with Gasteiger partial charge in [0.1, 0.15) is 10.7 Å². The zero-order chi connectivity index (χ0) is 22.9. The smallest absolute Gasteiger partial charge is 0.343 e. The highest BCUT2D eigenvalue weighted by molar-refractivity contribution is 6.31. The highest BCUT2D eigenvalue weighted by atomic mass is 35.5. The van der Waals surface area contributed by atoms with E-state index in [1.54, 1.807) is 19.3 Å². The van der Waals surface area contributed by atoms with Crippen molar-refractivity contribution in [2.24, 2.45) is 5.92 Å². The van der Waals surface area contributed by atoms with Crippen molar-refractivity contribution in [1.29, 1.82) is 0 Å². The van der Waals surface area contributed by atoms with Crippen LogP contribution in [0.2, 0.25) is 10.2 Å². The van der Waals surface area contributed by atoms with Gasteiger partial charge in [0.15, 0.2) is 9.76 Å². The molecule has 30 heavy (non-hydrogen) atoms. The molecule has 0 aliphatic heterocycles. The van der Waals surface area contributed by atoms with Crippen LogP contribution in [0.3, 0.4) is 0 Å². The van der Waals surface area contributed by atoms with Gasteiger partial charge in [0.25, 0.3) is 0 Å². The summed E-state index contributed by atoms with van der Waals surface area (Å²) in [6.45, 7) is 16.8. The summed E-state index contributed by atoms with van der Waals surface area (Å²) in [5.41, 5.74) is -0.331. The summed E-state index contributed by atoms with van der Waals surface area (Å²) in [5, 5.41) is 0.675. The van der Waals surface area contributed by atoms with Gasteiger partial charge < -0.3 is 13.7 Å². The zero-order valence-corrected chi connectivity index (χ0v) is 21.4. The average molecular weight is 453 g/mol. The molecule has 0 N–H and O–H groups in total. The van der Waals surface area contributed by atoms with Crippen molar-refractivity contribution in [3.05, 3.63) is 39.4 Å². The van der Waals surface area contributed by atoms with Crippen LogP contribution >= 0.6 is 11.6 Å². The fourth-order valence-corrected chi connectivity index (χ4v) is 4.89. The maximum atomic E-state index is 13.0. The lowest BCUT2D eigenvalue weighted by Crippen LogP contribution is -2.42. The second kappa shape index (κ2) is 9.20. The van der Waals surface area contributed by atoms with Crippen LogP contribution in [-0.4, -0.2) is 37.5 Å². The Morgan fingerprint density at radius 2 is 1.90 bits per heavy atom. The topological polar surface area (TPSA) is 70.4 Å². The minimum absolute atomic E-state index is 0.0128. The van der Waals surface area contributed by atoms with E-state index in [4.69, 9.17) is 20.8 Å². The molecule has 2 aromatic rings. The molecule has 0 fully saturated rings. The fraction of sp³-hybridized carbons (Fsp3) is 0.591. The van der Waals surface area contributed by atoms with Crippen molar-refractivity contribution in [3.8, 4) is 0 Å². The Morgan fingerprint density at radius 1 is 1.27 bits per heavy atom. The number of ether oxygens (including phenoxy) is 1. The Balaban J connectivity index is 2.76. The lowest BCUT2D eigenvalue weighted by molar-refractivity contribution is 0.0287. The van der Waals surface area contributed by atoms with Crippen LogP contribution in [-0.2, 0) is 9.16 Å². The summed E-state index contributed by atoms with van der Waals surface area (Å²) >= 11 is 6.07. The number of carbonyl (C=O) groups excluding carboxylic acids is 1. The molecule has 2 heterocycles. The van der Waals surface area contributed by atoms with E-state index in [9.17, 15) is 9.59 Å². The second-order valence-corrected chi connectivity index (χ2v) is 12.8. The first-order valence-electron chi connectivity index (χ1n) is 10.3. The molecule has 0 aromatic carbocycles. The minimum Gasteiger partial charge on any atom is -0.462 e. The monoisotopic (exact) mass is 452 g/mol. The van der Waals surface area contributed by atoms with Crippen LogP contribution in [0.25, 0.3) is 10.9 Å². The van der Waals surface area contributed by atoms with Gasteiger partial charge in [-0.2, -0.15) is 0 Å². The largest absolute Gasteiger partial charge is 0.462 e. The van der Waals surface area contributed by atoms with Crippen LogP contribution < -0.4 is 5.43 Å². The Morgan fingerprint density at radius 3 is 2.43 bits per heavy atom. The van der Waals surface area contributed by atoms with Crippen molar-refractivity contribution >= 4 is 38.2 Å². The third-order valence-electron chi connectivity index (χ3n) is 4.90. The number of hydrogen-bond acceptors (Lipinski definition) is 5. The van der Waals surface area contributed by atoms with Crippen molar-refractivity contribution < 1.29 is 14.0 Å². The molecule has 0 saturated carbocycles. The van der Waals surface area contributed by atoms with Gasteiger partial charge in [-0.05, 0) is 37.8 Å². The number of carbonyl (C=O) groups is 1. The number of fused-ring (bicyclic) bond motifs is 1. The quantitative estimate of drug-likeness (QED) is 0.351. The molecule has 0 saturated heterocycles. The van der Waals surface area contributed by atoms with Gasteiger partial charge in [-0.25, -0.2) is 9.78 Å². The Bertz CT molecular complexity index is 979. The summed E-state index contributed by atoms with van der Waals surface area (Å²) in [7, 11) is -0.837. The van der Waals surface area contributed by atoms with Gasteiger partial charge in [-0.3, -0.25) is 4.79 Å². The van der Waals surface area contributed by atoms with Gasteiger partial charge in [0, 0.05) is 6.20 Å². The number of pyridine rings is 2. The number of hydrogen-bond donors (Lipinski definition) is 0. The van der Waals surface area contributed by atoms with Crippen LogP contribution in [0.15, 0.2) is 23.3 Å². The Labute approximate surface area is 185 Å². The fourth-order valence-electron chi connectivity index (χ4n) is 3.75. The molecule has 0 unspecified atom stereocenters. The lowest BCUT2D eigenvalue weighted by atomic mass is 9.88. The van der Waals surface area contributed by atoms with Gasteiger partial charge in [-0.15, -0.1) is 0 Å². The van der Waals surface area contributed by atoms with Crippen molar-refractivity contribution in [1.82, 2.24) is 9.55 Å². The highest BCUT2D eigenvalue weighted by Gasteiger charge is 2.36. The predicted octanol–water partition coefficient (Wildman–Crippen LogP) is 4.52. The maximum Gasteiger partial charge on any atom is 0.343 e. The molecule has 0 aliphatic rings. The highest BCUT2D eigenvalue weighted by Crippen LogP contribution is 2.36. The first kappa shape index (κ1) is 24.6. The maximum absolute atomic E-state index is 13.0. The summed E-state index contributed by atoms with van der Waals surface area (Å²) < 4.78 is 13.6. The molecule has 0 amide bonds. The van der Waals surface area contributed by atoms with Crippen molar-refractivity contribution in [2.75, 3.05) is 6.61 Å². The third kappa shape index (κ3) is 5.50. The van der Waals surface area contributed by atoms with Gasteiger partial charge in [-0.1, -0.05) is 46.2 Å². The molecular formula is C22H33ClN2O4Si. The molecule has 8 heteroatoms. The van der Waals surface area contributed by atoms with E-state index in [0.717, 1.165) is 0 Å². The van der Waals surface area contributed by atoms with Gasteiger partial charge in [0.2, 0.25) is 5.43 Å². The number of aromatic nitrogens is 2. The van der Waals surface area contributed by atoms with Crippen molar-refractivity contribution in [2.45, 2.75) is 72.1 Å². The van der Waals surface area contributed by atoms with E-state index in [-0.39, 0.29) is 34.3 Å². The summed E-state index contributed by atoms with van der Waals surface area (Å²) in [5.74, 6) is -0.484. The molecule has 2 aromatic heterocycles. The lowest BCUT2D eigenvalue weighted by Gasteiger charge is -2.41. The van der Waals surface area contributed by atoms with Crippen LogP contribution in [0.4, 0.5) is 0 Å². The Hall–Kier alpha value is -1.70. The minimum atomic E-state index is -0.837. The van der Waals surface area contributed by atoms with E-state index in [2.05, 4.69) is 53.5 Å². The van der Waals surface area contributed by atoms with Crippen LogP contribution in [0.1, 0.15) is 71.8 Å². The third-order valence-corrected chi connectivity index (χ3v) is 6.86. The van der Waals surface area contributed by atoms with Gasteiger partial charge in [0.05, 0.1) is 35.3 Å². The van der Waals surface area contributed by atoms with E-state index < -0.39 is 26.8 Å². The molecule has 2 rings (SSSR count). The van der Waals surface area contributed by atoms with E-state index >= 15 is 0 Å². The normalized spacial score (nSPS) is 14.1. The second-order valence-electron chi connectivity index (χ2n) is 9.67. The molecule has 0 aliphatic carbocycles. The number of esters is 1. The van der Waals surface area contributed by atoms with Gasteiger partial charge >= 0.3 is 5.97 Å². The molecular weight excluding hydrogens is 420 g/mol. The van der Waals surface area contributed by atoms with Crippen molar-refractivity contribution in [3.63, 3.8) is 0 Å². The molecule has 0 bridgehead atoms. The standard InChI is InChI=1S/C22H33ClN2O4Si/c1-9-28-20(27)15-12-25(16-11-24-17(23)10-14(16)18(15)26)19(13(2)3)22(7,8)29-30-21(4,5)6/h10-13,19H,9,30H2,1-8H3/t19-/m0/s1. The number of rotatable bonds is 7. The number of nitrogens with zero attached hydrogens (tertiary/aromatic N) is 2. The molecule has 0 spiro atoms. The average Bonchev–Trinajstić information content (AvgIpc) is 2.61. The summed E-state index contributed by atoms with van der Waals surface area (Å²) in [6, 6.07) is 1.36. The Kier molecular flexibility index (Phi) is 7.53. The van der Waals surface area contributed by atoms with E-state index in [1.165, 1.54) is 6.07 Å². The first-order valence-corrected chi connectivity index (χ1v) is 12.0. The number of halogens is 1. The molecule has 166 valence electrons. The molecule has 0 radical (unpaired) electrons. The molecule has 6 nitrogen and oxygen atoms in total. The first-order chi connectivity index (χ1) is 13.8. The van der Waals surface area contributed by atoms with Crippen LogP contribution in [0, 0.1) is 5.92 Å². The zero-order valence-electron chi connectivity index (χ0n) is 19.2. The van der Waals surface area contributed by atoms with E-state index in [1.807, 2.05) is 4.57 Å². The van der Waals surface area contributed by atoms with Crippen LogP contribution in [0.5, 0.6) is 0 Å². The summed E-state index contributed by atoms with van der Waals surface area (Å²) in [4.78, 5) is 29.7. The summed E-state index contributed by atoms with van der Waals surface area (Å²) in [6.07, 6.45) is 3.17. The van der Waals surface area contributed by atoms with E-state index in [0.29, 0.717) is 10.9 Å². The molecule has 1 atom stereocenters.